The second-order valence-electron chi connectivity index (χ2n) is 5.36. The standard InChI is InChI=1S/C21H19N2/c1-2-3-7-16-23-17-8-6-10-20(23)15-14-19-13-12-18-9-4-5-11-21(18)22-19/h4-5,9-13,17H,6-8,16H2,1H3/q+1. The van der Waals surface area contributed by atoms with Crippen LogP contribution in [0.3, 0.4) is 0 Å². The molecular weight excluding hydrogens is 280 g/mol. The number of nitrogens with zero attached hydrogens (tertiary/aromatic N) is 2. The molecule has 0 amide bonds. The van der Waals surface area contributed by atoms with Crippen LogP contribution in [0.15, 0.2) is 48.2 Å². The number of para-hydroxylation sites is 1. The summed E-state index contributed by atoms with van der Waals surface area (Å²) >= 11 is 0. The highest BCUT2D eigenvalue weighted by molar-refractivity contribution is 5.78. The SMILES string of the molecule is CC#CCC[N+]1=CCCC=C1C#Cc1ccc2ccccc2n1. The van der Waals surface area contributed by atoms with E-state index in [9.17, 15) is 0 Å². The van der Waals surface area contributed by atoms with E-state index in [1.165, 1.54) is 0 Å². The van der Waals surface area contributed by atoms with Gasteiger partial charge in [-0.05, 0) is 37.5 Å². The lowest BCUT2D eigenvalue weighted by Gasteiger charge is -2.04. The molecule has 3 rings (SSSR count). The fraction of sp³-hybridized carbons (Fsp3) is 0.238. The number of benzene rings is 1. The van der Waals surface area contributed by atoms with E-state index >= 15 is 0 Å². The van der Waals surface area contributed by atoms with Crippen LogP contribution < -0.4 is 0 Å². The summed E-state index contributed by atoms with van der Waals surface area (Å²) in [5.41, 5.74) is 2.85. The minimum Gasteiger partial charge on any atom is -0.239 e. The fourth-order valence-corrected chi connectivity index (χ4v) is 2.57. The molecule has 0 N–H and O–H groups in total. The summed E-state index contributed by atoms with van der Waals surface area (Å²) < 4.78 is 2.21. The summed E-state index contributed by atoms with van der Waals surface area (Å²) in [6.45, 7) is 2.77. The van der Waals surface area contributed by atoms with Crippen molar-refractivity contribution < 1.29 is 4.58 Å². The van der Waals surface area contributed by atoms with Crippen LogP contribution in [-0.2, 0) is 0 Å². The van der Waals surface area contributed by atoms with Gasteiger partial charge < -0.3 is 0 Å². The van der Waals surface area contributed by atoms with Crippen molar-refractivity contribution in [1.29, 1.82) is 0 Å². The predicted octanol–water partition coefficient (Wildman–Crippen LogP) is 3.76. The Balaban J connectivity index is 1.81. The van der Waals surface area contributed by atoms with Gasteiger partial charge >= 0.3 is 0 Å². The van der Waals surface area contributed by atoms with Crippen molar-refractivity contribution >= 4 is 17.1 Å². The quantitative estimate of drug-likeness (QED) is 0.609. The molecule has 2 heteroatoms. The second-order valence-corrected chi connectivity index (χ2v) is 5.36. The zero-order valence-corrected chi connectivity index (χ0v) is 13.3. The van der Waals surface area contributed by atoms with E-state index in [0.717, 1.165) is 48.1 Å². The van der Waals surface area contributed by atoms with E-state index in [2.05, 4.69) is 57.7 Å². The molecule has 0 radical (unpaired) electrons. The minimum absolute atomic E-state index is 0.809. The molecule has 2 aromatic rings. The lowest BCUT2D eigenvalue weighted by Crippen LogP contribution is -2.16. The Bertz CT molecular complexity index is 896. The average Bonchev–Trinajstić information content (AvgIpc) is 2.61. The summed E-state index contributed by atoms with van der Waals surface area (Å²) in [4.78, 5) is 4.61. The van der Waals surface area contributed by atoms with E-state index in [0.29, 0.717) is 0 Å². The van der Waals surface area contributed by atoms with Gasteiger partial charge in [0.1, 0.15) is 11.9 Å². The Morgan fingerprint density at radius 1 is 1.09 bits per heavy atom. The number of pyridine rings is 1. The molecule has 0 saturated carbocycles. The van der Waals surface area contributed by atoms with Gasteiger partial charge in [0.25, 0.3) is 5.70 Å². The Morgan fingerprint density at radius 2 is 2.00 bits per heavy atom. The fourth-order valence-electron chi connectivity index (χ4n) is 2.57. The van der Waals surface area contributed by atoms with Gasteiger partial charge in [0.15, 0.2) is 6.54 Å². The van der Waals surface area contributed by atoms with E-state index in [-0.39, 0.29) is 0 Å². The van der Waals surface area contributed by atoms with Crippen LogP contribution in [0.5, 0.6) is 0 Å². The first kappa shape index (κ1) is 15.1. The third-order valence-electron chi connectivity index (χ3n) is 3.73. The Labute approximate surface area is 137 Å². The van der Waals surface area contributed by atoms with Crippen molar-refractivity contribution in [1.82, 2.24) is 4.98 Å². The molecule has 1 aromatic heterocycles. The number of allylic oxidation sites excluding steroid dienone is 2. The van der Waals surface area contributed by atoms with Gasteiger partial charge in [-0.15, -0.1) is 5.92 Å². The van der Waals surface area contributed by atoms with Crippen LogP contribution in [0, 0.1) is 23.7 Å². The van der Waals surface area contributed by atoms with Gasteiger partial charge in [0.2, 0.25) is 0 Å². The highest BCUT2D eigenvalue weighted by Crippen LogP contribution is 2.12. The molecule has 23 heavy (non-hydrogen) atoms. The van der Waals surface area contributed by atoms with Gasteiger partial charge in [-0.2, -0.15) is 4.58 Å². The van der Waals surface area contributed by atoms with Crippen molar-refractivity contribution in [2.45, 2.75) is 26.2 Å². The summed E-state index contributed by atoms with van der Waals surface area (Å²) in [7, 11) is 0. The first-order chi connectivity index (χ1) is 11.4. The molecule has 0 atom stereocenters. The second kappa shape index (κ2) is 7.43. The Hall–Kier alpha value is -2.84. The number of aromatic nitrogens is 1. The van der Waals surface area contributed by atoms with Crippen LogP contribution in [-0.4, -0.2) is 22.3 Å². The van der Waals surface area contributed by atoms with Gasteiger partial charge in [0, 0.05) is 17.7 Å². The molecule has 112 valence electrons. The van der Waals surface area contributed by atoms with Crippen LogP contribution in [0.2, 0.25) is 0 Å². The van der Waals surface area contributed by atoms with E-state index in [1.54, 1.807) is 0 Å². The number of hydrogen-bond acceptors (Lipinski definition) is 1. The van der Waals surface area contributed by atoms with E-state index in [4.69, 9.17) is 0 Å². The molecule has 0 saturated heterocycles. The minimum atomic E-state index is 0.809. The number of hydrogen-bond donors (Lipinski definition) is 0. The third kappa shape index (κ3) is 3.87. The molecule has 1 aliphatic rings. The Kier molecular flexibility index (Phi) is 4.87. The van der Waals surface area contributed by atoms with Crippen LogP contribution >= 0.6 is 0 Å². The van der Waals surface area contributed by atoms with Crippen LogP contribution in [0.25, 0.3) is 10.9 Å². The molecule has 1 aromatic carbocycles. The van der Waals surface area contributed by atoms with Crippen molar-refractivity contribution in [3.8, 4) is 23.7 Å². The summed E-state index contributed by atoms with van der Waals surface area (Å²) in [6.07, 6.45) is 7.40. The summed E-state index contributed by atoms with van der Waals surface area (Å²) in [5.74, 6) is 12.5. The van der Waals surface area contributed by atoms with Gasteiger partial charge in [0.05, 0.1) is 11.9 Å². The number of rotatable bonds is 2. The van der Waals surface area contributed by atoms with Crippen molar-refractivity contribution in [3.63, 3.8) is 0 Å². The molecule has 0 bridgehead atoms. The predicted molar refractivity (Wildman–Crippen MR) is 95.2 cm³/mol. The lowest BCUT2D eigenvalue weighted by molar-refractivity contribution is -0.467. The molecule has 2 heterocycles. The van der Waals surface area contributed by atoms with Gasteiger partial charge in [-0.1, -0.05) is 30.2 Å². The first-order valence-corrected chi connectivity index (χ1v) is 7.94. The van der Waals surface area contributed by atoms with E-state index < -0.39 is 0 Å². The number of fused-ring (bicyclic) bond motifs is 1. The first-order valence-electron chi connectivity index (χ1n) is 7.94. The van der Waals surface area contributed by atoms with Crippen molar-refractivity contribution in [2.24, 2.45) is 0 Å². The highest BCUT2D eigenvalue weighted by Gasteiger charge is 2.13. The Morgan fingerprint density at radius 3 is 2.91 bits per heavy atom. The maximum atomic E-state index is 4.61. The topological polar surface area (TPSA) is 15.9 Å². The molecule has 1 aliphatic heterocycles. The van der Waals surface area contributed by atoms with Gasteiger partial charge in [-0.3, -0.25) is 0 Å². The zero-order valence-electron chi connectivity index (χ0n) is 13.3. The zero-order chi connectivity index (χ0) is 15.9. The lowest BCUT2D eigenvalue weighted by atomic mass is 10.2. The maximum Gasteiger partial charge on any atom is 0.252 e. The van der Waals surface area contributed by atoms with Crippen molar-refractivity contribution in [2.75, 3.05) is 6.54 Å². The largest absolute Gasteiger partial charge is 0.252 e. The molecule has 0 unspecified atom stereocenters. The molecule has 0 spiro atoms. The summed E-state index contributed by atoms with van der Waals surface area (Å²) in [5, 5.41) is 1.14. The van der Waals surface area contributed by atoms with Gasteiger partial charge in [-0.25, -0.2) is 4.98 Å². The average molecular weight is 299 g/mol. The monoisotopic (exact) mass is 299 g/mol. The molecule has 0 aliphatic carbocycles. The normalized spacial score (nSPS) is 13.3. The molecular formula is C21H19N2+. The highest BCUT2D eigenvalue weighted by atomic mass is 15.0. The van der Waals surface area contributed by atoms with Crippen molar-refractivity contribution in [3.05, 3.63) is 53.9 Å². The smallest absolute Gasteiger partial charge is 0.239 e. The van der Waals surface area contributed by atoms with Crippen LogP contribution in [0.1, 0.15) is 31.9 Å². The molecule has 0 fully saturated rings. The molecule has 2 nitrogen and oxygen atoms in total. The van der Waals surface area contributed by atoms with E-state index in [1.807, 2.05) is 31.2 Å². The third-order valence-corrected chi connectivity index (χ3v) is 3.73. The summed E-state index contributed by atoms with van der Waals surface area (Å²) in [6, 6.07) is 12.2. The maximum absolute atomic E-state index is 4.61. The van der Waals surface area contributed by atoms with Crippen LogP contribution in [0.4, 0.5) is 0 Å².